The van der Waals surface area contributed by atoms with Crippen LogP contribution in [0.4, 0.5) is 0 Å². The standard InChI is InChI=1S/C15H20ClNO2/c1-10-12(8-11-4-2-3-5-17-11)15-14(9-13(10)16)18-6-7-19-15/h9,11,17H,2-8H2,1H3. The molecule has 3 rings (SSSR count). The van der Waals surface area contributed by atoms with Crippen LogP contribution in [0.25, 0.3) is 0 Å². The third-order valence-electron chi connectivity index (χ3n) is 4.02. The van der Waals surface area contributed by atoms with Crippen molar-refractivity contribution < 1.29 is 9.47 Å². The number of benzene rings is 1. The summed E-state index contributed by atoms with van der Waals surface area (Å²) in [4.78, 5) is 0. The van der Waals surface area contributed by atoms with Crippen molar-refractivity contribution in [2.75, 3.05) is 19.8 Å². The van der Waals surface area contributed by atoms with Gasteiger partial charge in [0.05, 0.1) is 0 Å². The average Bonchev–Trinajstić information content (AvgIpc) is 2.45. The van der Waals surface area contributed by atoms with Crippen LogP contribution in [0.2, 0.25) is 5.02 Å². The Morgan fingerprint density at radius 3 is 2.95 bits per heavy atom. The molecule has 1 unspecified atom stereocenters. The molecule has 2 aliphatic heterocycles. The lowest BCUT2D eigenvalue weighted by Crippen LogP contribution is -2.36. The molecule has 1 N–H and O–H groups in total. The molecule has 1 saturated heterocycles. The van der Waals surface area contributed by atoms with E-state index in [4.69, 9.17) is 21.1 Å². The Hall–Kier alpha value is -0.930. The highest BCUT2D eigenvalue weighted by Gasteiger charge is 2.23. The summed E-state index contributed by atoms with van der Waals surface area (Å²) >= 11 is 6.31. The number of hydrogen-bond acceptors (Lipinski definition) is 3. The molecule has 4 heteroatoms. The Morgan fingerprint density at radius 2 is 2.16 bits per heavy atom. The molecule has 2 heterocycles. The Morgan fingerprint density at radius 1 is 1.32 bits per heavy atom. The van der Waals surface area contributed by atoms with E-state index < -0.39 is 0 Å². The number of ether oxygens (including phenoxy) is 2. The van der Waals surface area contributed by atoms with E-state index in [0.29, 0.717) is 19.3 Å². The van der Waals surface area contributed by atoms with Gasteiger partial charge in [0.25, 0.3) is 0 Å². The van der Waals surface area contributed by atoms with Crippen molar-refractivity contribution >= 4 is 11.6 Å². The normalized spacial score (nSPS) is 22.3. The molecule has 1 atom stereocenters. The largest absolute Gasteiger partial charge is 0.486 e. The summed E-state index contributed by atoms with van der Waals surface area (Å²) in [5, 5.41) is 4.35. The molecular formula is C15H20ClNO2. The lowest BCUT2D eigenvalue weighted by atomic mass is 9.94. The lowest BCUT2D eigenvalue weighted by Gasteiger charge is -2.28. The monoisotopic (exact) mass is 281 g/mol. The molecule has 0 aliphatic carbocycles. The van der Waals surface area contributed by atoms with E-state index in [1.165, 1.54) is 24.8 Å². The highest BCUT2D eigenvalue weighted by atomic mass is 35.5. The van der Waals surface area contributed by atoms with E-state index in [0.717, 1.165) is 35.1 Å². The molecule has 0 bridgehead atoms. The summed E-state index contributed by atoms with van der Waals surface area (Å²) in [7, 11) is 0. The molecule has 1 fully saturated rings. The van der Waals surface area contributed by atoms with Crippen LogP contribution in [0.15, 0.2) is 6.07 Å². The zero-order valence-corrected chi connectivity index (χ0v) is 12.1. The predicted molar refractivity (Wildman–Crippen MR) is 76.5 cm³/mol. The van der Waals surface area contributed by atoms with Gasteiger partial charge in [0.2, 0.25) is 0 Å². The van der Waals surface area contributed by atoms with Crippen molar-refractivity contribution in [3.8, 4) is 11.5 Å². The molecule has 0 amide bonds. The predicted octanol–water partition coefficient (Wildman–Crippen LogP) is 3.10. The van der Waals surface area contributed by atoms with Crippen molar-refractivity contribution in [3.63, 3.8) is 0 Å². The number of nitrogens with one attached hydrogen (secondary N) is 1. The van der Waals surface area contributed by atoms with Gasteiger partial charge in [-0.25, -0.2) is 0 Å². The third-order valence-corrected chi connectivity index (χ3v) is 4.41. The Bertz CT molecular complexity index is 470. The smallest absolute Gasteiger partial charge is 0.164 e. The zero-order valence-electron chi connectivity index (χ0n) is 11.3. The molecular weight excluding hydrogens is 262 g/mol. The van der Waals surface area contributed by atoms with Crippen molar-refractivity contribution in [3.05, 3.63) is 22.2 Å². The van der Waals surface area contributed by atoms with Gasteiger partial charge in [-0.2, -0.15) is 0 Å². The maximum atomic E-state index is 6.31. The van der Waals surface area contributed by atoms with E-state index >= 15 is 0 Å². The summed E-state index contributed by atoms with van der Waals surface area (Å²) in [6.07, 6.45) is 4.78. The van der Waals surface area contributed by atoms with Gasteiger partial charge in [0.1, 0.15) is 13.2 Å². The van der Waals surface area contributed by atoms with E-state index in [-0.39, 0.29) is 0 Å². The van der Waals surface area contributed by atoms with Crippen LogP contribution in [0.3, 0.4) is 0 Å². The fourth-order valence-corrected chi connectivity index (χ4v) is 3.12. The summed E-state index contributed by atoms with van der Waals surface area (Å²) < 4.78 is 11.5. The quantitative estimate of drug-likeness (QED) is 0.904. The van der Waals surface area contributed by atoms with Crippen LogP contribution in [0, 0.1) is 6.92 Å². The number of rotatable bonds is 2. The first-order valence-electron chi connectivity index (χ1n) is 7.06. The lowest BCUT2D eigenvalue weighted by molar-refractivity contribution is 0.169. The minimum atomic E-state index is 0.528. The Labute approximate surface area is 119 Å². The second-order valence-electron chi connectivity index (χ2n) is 5.34. The summed E-state index contributed by atoms with van der Waals surface area (Å²) in [6.45, 7) is 4.41. The number of fused-ring (bicyclic) bond motifs is 1. The Kier molecular flexibility index (Phi) is 3.85. The van der Waals surface area contributed by atoms with Crippen LogP contribution in [0.5, 0.6) is 11.5 Å². The maximum Gasteiger partial charge on any atom is 0.164 e. The SMILES string of the molecule is Cc1c(Cl)cc2c(c1CC1CCCCN1)OCCO2. The molecule has 0 spiro atoms. The molecule has 1 aromatic carbocycles. The van der Waals surface area contributed by atoms with E-state index in [9.17, 15) is 0 Å². The highest BCUT2D eigenvalue weighted by Crippen LogP contribution is 2.40. The molecule has 3 nitrogen and oxygen atoms in total. The first-order chi connectivity index (χ1) is 9.25. The van der Waals surface area contributed by atoms with Crippen molar-refractivity contribution in [2.24, 2.45) is 0 Å². The average molecular weight is 282 g/mol. The number of halogens is 1. The van der Waals surface area contributed by atoms with Gasteiger partial charge in [-0.05, 0) is 38.3 Å². The van der Waals surface area contributed by atoms with Crippen LogP contribution < -0.4 is 14.8 Å². The minimum absolute atomic E-state index is 0.528. The summed E-state index contributed by atoms with van der Waals surface area (Å²) in [5.41, 5.74) is 2.33. The van der Waals surface area contributed by atoms with Gasteiger partial charge in [0.15, 0.2) is 11.5 Å². The molecule has 19 heavy (non-hydrogen) atoms. The maximum absolute atomic E-state index is 6.31. The van der Waals surface area contributed by atoms with Gasteiger partial charge in [-0.3, -0.25) is 0 Å². The van der Waals surface area contributed by atoms with E-state index in [1.54, 1.807) is 0 Å². The highest BCUT2D eigenvalue weighted by molar-refractivity contribution is 6.31. The van der Waals surface area contributed by atoms with Gasteiger partial charge in [-0.1, -0.05) is 18.0 Å². The van der Waals surface area contributed by atoms with Crippen LogP contribution >= 0.6 is 11.6 Å². The number of piperidine rings is 1. The molecule has 0 saturated carbocycles. The summed E-state index contributed by atoms with van der Waals surface area (Å²) in [5.74, 6) is 1.70. The third kappa shape index (κ3) is 2.67. The summed E-state index contributed by atoms with van der Waals surface area (Å²) in [6, 6.07) is 2.41. The fraction of sp³-hybridized carbons (Fsp3) is 0.600. The second-order valence-corrected chi connectivity index (χ2v) is 5.74. The minimum Gasteiger partial charge on any atom is -0.486 e. The van der Waals surface area contributed by atoms with Crippen molar-refractivity contribution in [1.29, 1.82) is 0 Å². The van der Waals surface area contributed by atoms with Crippen LogP contribution in [0.1, 0.15) is 30.4 Å². The first-order valence-corrected chi connectivity index (χ1v) is 7.44. The van der Waals surface area contributed by atoms with Crippen molar-refractivity contribution in [1.82, 2.24) is 5.32 Å². The molecule has 0 aromatic heterocycles. The topological polar surface area (TPSA) is 30.5 Å². The molecule has 0 radical (unpaired) electrons. The van der Waals surface area contributed by atoms with Gasteiger partial charge in [-0.15, -0.1) is 0 Å². The molecule has 1 aromatic rings. The van der Waals surface area contributed by atoms with Gasteiger partial charge in [0, 0.05) is 22.7 Å². The fourth-order valence-electron chi connectivity index (χ4n) is 2.90. The van der Waals surface area contributed by atoms with Gasteiger partial charge < -0.3 is 14.8 Å². The van der Waals surface area contributed by atoms with Crippen LogP contribution in [-0.2, 0) is 6.42 Å². The Balaban J connectivity index is 1.91. The van der Waals surface area contributed by atoms with Gasteiger partial charge >= 0.3 is 0 Å². The van der Waals surface area contributed by atoms with E-state index in [2.05, 4.69) is 12.2 Å². The molecule has 2 aliphatic rings. The zero-order chi connectivity index (χ0) is 13.2. The van der Waals surface area contributed by atoms with Crippen LogP contribution in [-0.4, -0.2) is 25.8 Å². The number of hydrogen-bond donors (Lipinski definition) is 1. The molecule has 104 valence electrons. The second kappa shape index (κ2) is 5.59. The first kappa shape index (κ1) is 13.1. The van der Waals surface area contributed by atoms with E-state index in [1.807, 2.05) is 6.07 Å². The van der Waals surface area contributed by atoms with Crippen molar-refractivity contribution in [2.45, 2.75) is 38.6 Å².